The number of nitrogens with zero attached hydrogens (tertiary/aromatic N) is 7. The van der Waals surface area contributed by atoms with Crippen LogP contribution in [0.25, 0.3) is 39.4 Å². The molecule has 1 aliphatic carbocycles. The minimum absolute atomic E-state index is 0. The Morgan fingerprint density at radius 3 is 2.61 bits per heavy atom. The molecule has 4 N–H and O–H groups in total. The molecule has 7 aromatic rings. The zero-order valence-corrected chi connectivity index (χ0v) is 29.1. The zero-order valence-electron chi connectivity index (χ0n) is 26.2. The van der Waals surface area contributed by atoms with Crippen molar-refractivity contribution in [2.24, 2.45) is 0 Å². The number of rotatable bonds is 9. The quantitative estimate of drug-likeness (QED) is 0.118. The number of aryl methyl sites for hydroxylation is 1. The smallest absolute Gasteiger partial charge is 0.167 e. The molecule has 0 aliphatic heterocycles. The molecule has 1 unspecified atom stereocenters. The van der Waals surface area contributed by atoms with Crippen LogP contribution in [-0.2, 0) is 34.1 Å². The summed E-state index contributed by atoms with van der Waals surface area (Å²) in [5.74, 6) is 2.13. The molecule has 4 heterocycles. The molecule has 1 atom stereocenters. The Balaban J connectivity index is 0.00000378. The van der Waals surface area contributed by atoms with Gasteiger partial charge >= 0.3 is 0 Å². The first kappa shape index (κ1) is 31.8. The number of nitrogen functional groups attached to an aromatic ring is 2. The standard InChI is InChI=1S/C37H30N9O2.W/c38-29-20-33(48-22-23-6-2-1-3-7-23)25(21-47)19-32(29)42-30-12-9-24-18-26(10-11-27(24)30)46-36(28-8-4-15-40-35(28)39)43-31-13-14-34(44-37(31)46)45-17-5-16-41-45;/h1-8,10-11,13-21,30H,9,12,22H2,(H2,38,47)(H2,39,40,43);/q-1;. The van der Waals surface area contributed by atoms with Crippen LogP contribution in [0.2, 0.25) is 0 Å². The summed E-state index contributed by atoms with van der Waals surface area (Å²) in [5, 5.41) is 9.38. The number of ether oxygens (including phenoxy) is 1. The predicted molar refractivity (Wildman–Crippen MR) is 185 cm³/mol. The number of hydrogen-bond donors (Lipinski definition) is 2. The van der Waals surface area contributed by atoms with E-state index >= 15 is 0 Å². The van der Waals surface area contributed by atoms with E-state index < -0.39 is 0 Å². The van der Waals surface area contributed by atoms with E-state index in [1.165, 1.54) is 0 Å². The Kier molecular flexibility index (Phi) is 8.67. The number of anilines is 2. The largest absolute Gasteiger partial charge is 0.676 e. The van der Waals surface area contributed by atoms with Gasteiger partial charge in [-0.1, -0.05) is 60.5 Å². The molecule has 0 radical (unpaired) electrons. The summed E-state index contributed by atoms with van der Waals surface area (Å²) in [4.78, 5) is 26.3. The normalized spacial score (nSPS) is 13.5. The molecule has 0 saturated heterocycles. The Hall–Kier alpha value is -5.80. The van der Waals surface area contributed by atoms with Crippen LogP contribution >= 0.6 is 0 Å². The molecule has 0 saturated carbocycles. The maximum Gasteiger partial charge on any atom is 0.167 e. The van der Waals surface area contributed by atoms with Gasteiger partial charge in [-0.2, -0.15) is 5.10 Å². The molecule has 0 bridgehead atoms. The van der Waals surface area contributed by atoms with Crippen molar-refractivity contribution in [2.45, 2.75) is 25.5 Å². The van der Waals surface area contributed by atoms with Gasteiger partial charge in [0.05, 0.1) is 11.1 Å². The Morgan fingerprint density at radius 1 is 0.939 bits per heavy atom. The summed E-state index contributed by atoms with van der Waals surface area (Å²) < 4.78 is 9.68. The number of pyridine rings is 2. The van der Waals surface area contributed by atoms with E-state index in [4.69, 9.17) is 31.5 Å². The van der Waals surface area contributed by atoms with Gasteiger partial charge in [0, 0.05) is 57.1 Å². The number of benzene rings is 3. The molecule has 12 heteroatoms. The van der Waals surface area contributed by atoms with Gasteiger partial charge in [0.2, 0.25) is 0 Å². The molecular weight excluding hydrogens is 786 g/mol. The number of fused-ring (bicyclic) bond motifs is 2. The first-order valence-corrected chi connectivity index (χ1v) is 15.6. The Labute approximate surface area is 296 Å². The average molecular weight is 817 g/mol. The zero-order chi connectivity index (χ0) is 32.6. The number of aromatic nitrogens is 6. The number of carbonyl (C=O) groups is 1. The van der Waals surface area contributed by atoms with Crippen LogP contribution in [0.1, 0.15) is 39.5 Å². The third-order valence-electron chi connectivity index (χ3n) is 8.56. The topological polar surface area (TPSA) is 154 Å². The van der Waals surface area contributed by atoms with Crippen LogP contribution < -0.4 is 16.2 Å². The van der Waals surface area contributed by atoms with E-state index in [0.717, 1.165) is 47.0 Å². The van der Waals surface area contributed by atoms with Gasteiger partial charge in [-0.05, 0) is 60.0 Å². The van der Waals surface area contributed by atoms with Crippen LogP contribution in [0.3, 0.4) is 0 Å². The molecule has 1 aliphatic rings. The molecule has 3 aromatic carbocycles. The third kappa shape index (κ3) is 6.05. The van der Waals surface area contributed by atoms with Gasteiger partial charge in [-0.3, -0.25) is 9.36 Å². The molecule has 0 amide bonds. The Bertz CT molecular complexity index is 2290. The fourth-order valence-corrected chi connectivity index (χ4v) is 6.20. The molecule has 11 nitrogen and oxygen atoms in total. The molecular formula is C37H30N9O2W-. The van der Waals surface area contributed by atoms with Gasteiger partial charge < -0.3 is 21.5 Å². The first-order valence-electron chi connectivity index (χ1n) is 15.6. The molecule has 0 spiro atoms. The second-order valence-corrected chi connectivity index (χ2v) is 11.6. The van der Waals surface area contributed by atoms with E-state index in [9.17, 15) is 4.79 Å². The number of aldehydes is 1. The van der Waals surface area contributed by atoms with E-state index in [0.29, 0.717) is 58.0 Å². The monoisotopic (exact) mass is 816 g/mol. The molecule has 8 rings (SSSR count). The van der Waals surface area contributed by atoms with E-state index in [2.05, 4.69) is 22.2 Å². The van der Waals surface area contributed by atoms with Crippen molar-refractivity contribution in [2.75, 3.05) is 11.5 Å². The van der Waals surface area contributed by atoms with Crippen molar-refractivity contribution in [3.63, 3.8) is 0 Å². The average Bonchev–Trinajstić information content (AvgIpc) is 3.88. The van der Waals surface area contributed by atoms with Crippen molar-refractivity contribution >= 4 is 34.6 Å². The van der Waals surface area contributed by atoms with Gasteiger partial charge in [-0.15, -0.1) is 5.69 Å². The maximum atomic E-state index is 12.0. The number of imidazole rings is 1. The summed E-state index contributed by atoms with van der Waals surface area (Å²) in [7, 11) is 0. The van der Waals surface area contributed by atoms with Crippen LogP contribution in [0.15, 0.2) is 110 Å². The SMILES string of the molecule is Nc1cc(OCc2ccccc2)c(C=O)cc1[N-]C1CCc2cc(-n3c(-c4cccnc4N)nc4ccc(-n5cccn5)nc43)ccc21.[W]. The minimum Gasteiger partial charge on any atom is -0.676 e. The molecule has 4 aromatic heterocycles. The first-order chi connectivity index (χ1) is 23.6. The van der Waals surface area contributed by atoms with Gasteiger partial charge in [0.15, 0.2) is 23.6 Å². The van der Waals surface area contributed by atoms with Crippen LogP contribution in [-0.4, -0.2) is 35.6 Å². The van der Waals surface area contributed by atoms with Crippen molar-refractivity contribution in [3.05, 3.63) is 137 Å². The van der Waals surface area contributed by atoms with Crippen LogP contribution in [0.5, 0.6) is 5.75 Å². The van der Waals surface area contributed by atoms with Crippen molar-refractivity contribution in [3.8, 4) is 28.6 Å². The van der Waals surface area contributed by atoms with Crippen molar-refractivity contribution in [1.82, 2.24) is 29.3 Å². The summed E-state index contributed by atoms with van der Waals surface area (Å²) in [6.45, 7) is 0.331. The summed E-state index contributed by atoms with van der Waals surface area (Å²) in [6, 6.07) is 28.8. The van der Waals surface area contributed by atoms with Crippen LogP contribution in [0.4, 0.5) is 17.2 Å². The fourth-order valence-electron chi connectivity index (χ4n) is 6.20. The molecule has 49 heavy (non-hydrogen) atoms. The second-order valence-electron chi connectivity index (χ2n) is 11.6. The van der Waals surface area contributed by atoms with Gasteiger partial charge in [-0.25, -0.2) is 19.6 Å². The number of nitrogens with two attached hydrogens (primary N) is 2. The Morgan fingerprint density at radius 2 is 1.82 bits per heavy atom. The number of hydrogen-bond acceptors (Lipinski definition) is 8. The summed E-state index contributed by atoms with van der Waals surface area (Å²) in [6.07, 6.45) is 7.63. The van der Waals surface area contributed by atoms with Crippen molar-refractivity contribution in [1.29, 1.82) is 0 Å². The third-order valence-corrected chi connectivity index (χ3v) is 8.56. The molecule has 242 valence electrons. The fraction of sp³-hybridized carbons (Fsp3) is 0.108. The van der Waals surface area contributed by atoms with Crippen LogP contribution in [0, 0.1) is 0 Å². The number of carbonyl (C=O) groups excluding carboxylic acids is 1. The summed E-state index contributed by atoms with van der Waals surface area (Å²) in [5.41, 5.74) is 20.5. The predicted octanol–water partition coefficient (Wildman–Crippen LogP) is 6.91. The second kappa shape index (κ2) is 13.4. The van der Waals surface area contributed by atoms with Crippen molar-refractivity contribution < 1.29 is 30.6 Å². The minimum atomic E-state index is -0.121. The van der Waals surface area contributed by atoms with E-state index in [1.54, 1.807) is 29.2 Å². The van der Waals surface area contributed by atoms with E-state index in [-0.39, 0.29) is 27.1 Å². The maximum absolute atomic E-state index is 12.0. The van der Waals surface area contributed by atoms with Gasteiger partial charge in [0.25, 0.3) is 0 Å². The summed E-state index contributed by atoms with van der Waals surface area (Å²) >= 11 is 0. The molecule has 0 fully saturated rings. The van der Waals surface area contributed by atoms with Gasteiger partial charge in [0.1, 0.15) is 23.7 Å². The van der Waals surface area contributed by atoms with E-state index in [1.807, 2.05) is 77.5 Å².